The molecule has 0 aliphatic carbocycles. The lowest BCUT2D eigenvalue weighted by Gasteiger charge is -2.18. The van der Waals surface area contributed by atoms with Gasteiger partial charge in [0.05, 0.1) is 5.69 Å². The lowest BCUT2D eigenvalue weighted by atomic mass is 10.1. The highest BCUT2D eigenvalue weighted by Crippen LogP contribution is 2.20. The highest BCUT2D eigenvalue weighted by atomic mass is 35.5. The van der Waals surface area contributed by atoms with Gasteiger partial charge in [-0.1, -0.05) is 41.9 Å². The Kier molecular flexibility index (Phi) is 5.49. The lowest BCUT2D eigenvalue weighted by Crippen LogP contribution is -2.26. The van der Waals surface area contributed by atoms with Crippen molar-refractivity contribution in [2.45, 2.75) is 13.2 Å². The van der Waals surface area contributed by atoms with Gasteiger partial charge < -0.3 is 14.0 Å². The van der Waals surface area contributed by atoms with Crippen LogP contribution in [-0.4, -0.2) is 27.2 Å². The minimum atomic E-state index is -0.0944. The summed E-state index contributed by atoms with van der Waals surface area (Å²) in [5.41, 5.74) is 3.16. The summed E-state index contributed by atoms with van der Waals surface area (Å²) in [7, 11) is 1.76. The molecule has 0 aliphatic rings. The van der Waals surface area contributed by atoms with Crippen LogP contribution < -0.4 is 4.74 Å². The van der Waals surface area contributed by atoms with E-state index in [4.69, 9.17) is 16.3 Å². The summed E-state index contributed by atoms with van der Waals surface area (Å²) in [6, 6.07) is 20.5. The van der Waals surface area contributed by atoms with Gasteiger partial charge in [-0.3, -0.25) is 4.79 Å². The molecule has 0 saturated heterocycles. The number of halogens is 1. The maximum Gasteiger partial charge on any atom is 0.254 e. The van der Waals surface area contributed by atoms with E-state index in [1.54, 1.807) is 24.1 Å². The Morgan fingerprint density at radius 3 is 2.76 bits per heavy atom. The van der Waals surface area contributed by atoms with Crippen molar-refractivity contribution in [1.82, 2.24) is 14.3 Å². The van der Waals surface area contributed by atoms with Crippen molar-refractivity contribution in [3.8, 4) is 5.75 Å². The minimum Gasteiger partial charge on any atom is -0.487 e. The van der Waals surface area contributed by atoms with Gasteiger partial charge in [0.1, 0.15) is 18.0 Å². The van der Waals surface area contributed by atoms with Crippen molar-refractivity contribution in [3.63, 3.8) is 0 Å². The fourth-order valence-electron chi connectivity index (χ4n) is 3.11. The second kappa shape index (κ2) is 8.37. The summed E-state index contributed by atoms with van der Waals surface area (Å²) in [6.07, 6.45) is 3.88. The number of aromatic nitrogens is 2. The van der Waals surface area contributed by atoms with E-state index in [0.29, 0.717) is 29.5 Å². The van der Waals surface area contributed by atoms with E-state index in [9.17, 15) is 4.79 Å². The van der Waals surface area contributed by atoms with Crippen LogP contribution >= 0.6 is 11.6 Å². The van der Waals surface area contributed by atoms with Gasteiger partial charge in [-0.05, 0) is 42.0 Å². The van der Waals surface area contributed by atoms with Gasteiger partial charge in [-0.2, -0.15) is 0 Å². The molecule has 1 amide bonds. The normalized spacial score (nSPS) is 10.8. The van der Waals surface area contributed by atoms with E-state index in [2.05, 4.69) is 4.98 Å². The number of nitrogens with zero attached hydrogens (tertiary/aromatic N) is 3. The molecule has 2 aromatic heterocycles. The molecule has 0 radical (unpaired) electrons. The number of imidazole rings is 1. The molecule has 0 aliphatic heterocycles. The van der Waals surface area contributed by atoms with Crippen LogP contribution in [0.25, 0.3) is 5.65 Å². The molecule has 146 valence electrons. The van der Waals surface area contributed by atoms with Crippen LogP contribution in [0.1, 0.15) is 21.6 Å². The standard InChI is InChI=1S/C23H20ClN3O2/c1-26(14-18-7-2-3-10-21(18)24)23(28)17-8-6-9-20(13-17)29-16-19-15-27-12-5-4-11-22(27)25-19/h2-13,15H,14,16H2,1H3. The van der Waals surface area contributed by atoms with Crippen LogP contribution in [-0.2, 0) is 13.2 Å². The summed E-state index contributed by atoms with van der Waals surface area (Å²) < 4.78 is 7.81. The van der Waals surface area contributed by atoms with Gasteiger partial charge in [0, 0.05) is 36.6 Å². The van der Waals surface area contributed by atoms with E-state index in [1.807, 2.05) is 71.4 Å². The quantitative estimate of drug-likeness (QED) is 0.461. The predicted octanol–water partition coefficient (Wildman–Crippen LogP) is 4.84. The molecular formula is C23H20ClN3O2. The fraction of sp³-hybridized carbons (Fsp3) is 0.130. The average Bonchev–Trinajstić information content (AvgIpc) is 3.16. The molecule has 0 bridgehead atoms. The third-order valence-corrected chi connectivity index (χ3v) is 4.96. The number of hydrogen-bond donors (Lipinski definition) is 0. The van der Waals surface area contributed by atoms with Gasteiger partial charge >= 0.3 is 0 Å². The molecule has 0 unspecified atom stereocenters. The van der Waals surface area contributed by atoms with Crippen LogP contribution in [0.5, 0.6) is 5.75 Å². The zero-order valence-corrected chi connectivity index (χ0v) is 16.7. The molecule has 6 heteroatoms. The Morgan fingerprint density at radius 1 is 1.10 bits per heavy atom. The topological polar surface area (TPSA) is 46.8 Å². The molecule has 5 nitrogen and oxygen atoms in total. The number of rotatable bonds is 6. The van der Waals surface area contributed by atoms with Crippen LogP contribution in [0.2, 0.25) is 5.02 Å². The summed E-state index contributed by atoms with van der Waals surface area (Å²) in [5.74, 6) is 0.530. The Morgan fingerprint density at radius 2 is 1.93 bits per heavy atom. The SMILES string of the molecule is CN(Cc1ccccc1Cl)C(=O)c1cccc(OCc2cn3ccccc3n2)c1. The molecular weight excluding hydrogens is 386 g/mol. The van der Waals surface area contributed by atoms with Gasteiger partial charge in [-0.15, -0.1) is 0 Å². The molecule has 0 saturated carbocycles. The van der Waals surface area contributed by atoms with Gasteiger partial charge in [-0.25, -0.2) is 4.98 Å². The molecule has 2 aromatic carbocycles. The van der Waals surface area contributed by atoms with Crippen LogP contribution in [0.4, 0.5) is 0 Å². The second-order valence-electron chi connectivity index (χ2n) is 6.77. The number of pyridine rings is 1. The zero-order valence-electron chi connectivity index (χ0n) is 16.0. The Hall–Kier alpha value is -3.31. The first-order valence-electron chi connectivity index (χ1n) is 9.24. The summed E-state index contributed by atoms with van der Waals surface area (Å²) in [6.45, 7) is 0.764. The van der Waals surface area contributed by atoms with Crippen molar-refractivity contribution in [1.29, 1.82) is 0 Å². The maximum absolute atomic E-state index is 12.8. The molecule has 4 aromatic rings. The summed E-state index contributed by atoms with van der Waals surface area (Å²) in [5, 5.41) is 0.650. The van der Waals surface area contributed by atoms with E-state index in [-0.39, 0.29) is 5.91 Å². The van der Waals surface area contributed by atoms with Gasteiger partial charge in [0.2, 0.25) is 0 Å². The van der Waals surface area contributed by atoms with E-state index in [0.717, 1.165) is 16.9 Å². The summed E-state index contributed by atoms with van der Waals surface area (Å²) in [4.78, 5) is 19.0. The average molecular weight is 406 g/mol. The van der Waals surface area contributed by atoms with E-state index < -0.39 is 0 Å². The molecule has 29 heavy (non-hydrogen) atoms. The number of ether oxygens (including phenoxy) is 1. The number of fused-ring (bicyclic) bond motifs is 1. The fourth-order valence-corrected chi connectivity index (χ4v) is 3.30. The Labute approximate surface area is 174 Å². The minimum absolute atomic E-state index is 0.0944. The Balaban J connectivity index is 1.43. The highest BCUT2D eigenvalue weighted by molar-refractivity contribution is 6.31. The number of amides is 1. The molecule has 2 heterocycles. The molecule has 0 atom stereocenters. The third kappa shape index (κ3) is 4.41. The highest BCUT2D eigenvalue weighted by Gasteiger charge is 2.14. The van der Waals surface area contributed by atoms with E-state index in [1.165, 1.54) is 0 Å². The van der Waals surface area contributed by atoms with Crippen LogP contribution in [0.3, 0.4) is 0 Å². The number of carbonyl (C=O) groups is 1. The van der Waals surface area contributed by atoms with E-state index >= 15 is 0 Å². The number of hydrogen-bond acceptors (Lipinski definition) is 3. The van der Waals surface area contributed by atoms with Crippen molar-refractivity contribution in [2.24, 2.45) is 0 Å². The molecule has 0 spiro atoms. The van der Waals surface area contributed by atoms with Crippen molar-refractivity contribution >= 4 is 23.2 Å². The maximum atomic E-state index is 12.8. The smallest absolute Gasteiger partial charge is 0.254 e. The zero-order chi connectivity index (χ0) is 20.2. The molecule has 4 rings (SSSR count). The van der Waals surface area contributed by atoms with Crippen molar-refractivity contribution < 1.29 is 9.53 Å². The first-order chi connectivity index (χ1) is 14.1. The lowest BCUT2D eigenvalue weighted by molar-refractivity contribution is 0.0784. The monoisotopic (exact) mass is 405 g/mol. The van der Waals surface area contributed by atoms with Crippen LogP contribution in [0.15, 0.2) is 79.1 Å². The third-order valence-electron chi connectivity index (χ3n) is 4.59. The Bertz CT molecular complexity index is 1120. The van der Waals surface area contributed by atoms with Crippen molar-refractivity contribution in [2.75, 3.05) is 7.05 Å². The number of carbonyl (C=O) groups excluding carboxylic acids is 1. The second-order valence-corrected chi connectivity index (χ2v) is 7.17. The largest absolute Gasteiger partial charge is 0.487 e. The number of benzene rings is 2. The summed E-state index contributed by atoms with van der Waals surface area (Å²) >= 11 is 6.21. The first-order valence-corrected chi connectivity index (χ1v) is 9.62. The molecule has 0 N–H and O–H groups in total. The first kappa shape index (κ1) is 19.0. The van der Waals surface area contributed by atoms with Crippen LogP contribution in [0, 0.1) is 0 Å². The van der Waals surface area contributed by atoms with Gasteiger partial charge in [0.15, 0.2) is 0 Å². The van der Waals surface area contributed by atoms with Crippen molar-refractivity contribution in [3.05, 3.63) is 101 Å². The van der Waals surface area contributed by atoms with Gasteiger partial charge in [0.25, 0.3) is 5.91 Å². The molecule has 0 fully saturated rings. The predicted molar refractivity (Wildman–Crippen MR) is 113 cm³/mol.